The monoisotopic (exact) mass is 227 g/mol. The van der Waals surface area contributed by atoms with Crippen molar-refractivity contribution in [2.45, 2.75) is 46.5 Å². The molecule has 3 heteroatoms. The third kappa shape index (κ3) is 3.21. The lowest BCUT2D eigenvalue weighted by Gasteiger charge is -2.36. The highest BCUT2D eigenvalue weighted by atomic mass is 16.5. The molecular formula is C13H25NO2. The van der Waals surface area contributed by atoms with Gasteiger partial charge >= 0.3 is 0 Å². The Bertz CT molecular complexity index is 224. The molecule has 0 aromatic rings. The molecule has 1 saturated heterocycles. The van der Waals surface area contributed by atoms with Gasteiger partial charge in [-0.3, -0.25) is 4.79 Å². The highest BCUT2D eigenvalue weighted by Crippen LogP contribution is 2.30. The first-order valence-electron chi connectivity index (χ1n) is 6.51. The average molecular weight is 227 g/mol. The Kier molecular flexibility index (Phi) is 5.26. The summed E-state index contributed by atoms with van der Waals surface area (Å²) in [5.74, 6) is 0.326. The predicted octanol–water partition coefficient (Wildman–Crippen LogP) is 2.45. The van der Waals surface area contributed by atoms with Crippen LogP contribution in [0.25, 0.3) is 0 Å². The maximum absolute atomic E-state index is 12.4. The number of nitrogens with zero attached hydrogens (tertiary/aromatic N) is 1. The molecule has 0 N–H and O–H groups in total. The molecule has 1 unspecified atom stereocenters. The van der Waals surface area contributed by atoms with Gasteiger partial charge in [0.2, 0.25) is 5.91 Å². The number of carbonyl (C=O) groups excluding carboxylic acids is 1. The van der Waals surface area contributed by atoms with Crippen molar-refractivity contribution in [2.24, 2.45) is 5.41 Å². The van der Waals surface area contributed by atoms with Gasteiger partial charge in [-0.2, -0.15) is 0 Å². The zero-order valence-corrected chi connectivity index (χ0v) is 10.9. The van der Waals surface area contributed by atoms with Crippen molar-refractivity contribution in [3.05, 3.63) is 0 Å². The van der Waals surface area contributed by atoms with Crippen molar-refractivity contribution in [2.75, 3.05) is 26.3 Å². The van der Waals surface area contributed by atoms with Gasteiger partial charge in [0.1, 0.15) is 0 Å². The fraction of sp³-hybridized carbons (Fsp3) is 0.923. The normalized spacial score (nSPS) is 20.6. The first kappa shape index (κ1) is 13.5. The van der Waals surface area contributed by atoms with Crippen LogP contribution in [0.5, 0.6) is 0 Å². The first-order valence-corrected chi connectivity index (χ1v) is 6.51. The number of morpholine rings is 1. The summed E-state index contributed by atoms with van der Waals surface area (Å²) in [6, 6.07) is 0. The molecule has 0 bridgehead atoms. The second-order valence-electron chi connectivity index (χ2n) is 4.92. The smallest absolute Gasteiger partial charge is 0.228 e. The van der Waals surface area contributed by atoms with E-state index in [1.165, 1.54) is 0 Å². The lowest BCUT2D eigenvalue weighted by Crippen LogP contribution is -2.47. The quantitative estimate of drug-likeness (QED) is 0.722. The van der Waals surface area contributed by atoms with Gasteiger partial charge in [0, 0.05) is 18.5 Å². The highest BCUT2D eigenvalue weighted by Gasteiger charge is 2.34. The van der Waals surface area contributed by atoms with E-state index in [1.54, 1.807) is 0 Å². The molecule has 1 fully saturated rings. The summed E-state index contributed by atoms with van der Waals surface area (Å²) in [5.41, 5.74) is -0.159. The largest absolute Gasteiger partial charge is 0.378 e. The van der Waals surface area contributed by atoms with Crippen molar-refractivity contribution in [3.63, 3.8) is 0 Å². The molecule has 16 heavy (non-hydrogen) atoms. The van der Waals surface area contributed by atoms with Gasteiger partial charge in [-0.15, -0.1) is 0 Å². The topological polar surface area (TPSA) is 29.5 Å². The SMILES string of the molecule is CCCCC(C)(CC)C(=O)N1CCOCC1. The van der Waals surface area contributed by atoms with Crippen LogP contribution >= 0.6 is 0 Å². The van der Waals surface area contributed by atoms with Crippen LogP contribution in [0, 0.1) is 5.41 Å². The molecule has 0 aromatic heterocycles. The lowest BCUT2D eigenvalue weighted by atomic mass is 9.81. The Morgan fingerprint density at radius 2 is 1.94 bits per heavy atom. The predicted molar refractivity (Wildman–Crippen MR) is 65.3 cm³/mol. The van der Waals surface area contributed by atoms with Crippen molar-refractivity contribution in [3.8, 4) is 0 Å². The molecule has 1 aliphatic heterocycles. The van der Waals surface area contributed by atoms with Crippen molar-refractivity contribution in [1.82, 2.24) is 4.90 Å². The van der Waals surface area contributed by atoms with E-state index in [9.17, 15) is 4.79 Å². The molecule has 0 saturated carbocycles. The molecule has 0 radical (unpaired) electrons. The van der Waals surface area contributed by atoms with Crippen LogP contribution in [0.4, 0.5) is 0 Å². The third-order valence-corrected chi connectivity index (χ3v) is 3.68. The van der Waals surface area contributed by atoms with Crippen LogP contribution in [0.15, 0.2) is 0 Å². The Balaban J connectivity index is 2.59. The van der Waals surface area contributed by atoms with Gasteiger partial charge in [-0.05, 0) is 12.8 Å². The summed E-state index contributed by atoms with van der Waals surface area (Å²) in [7, 11) is 0. The van der Waals surface area contributed by atoms with Gasteiger partial charge in [0.25, 0.3) is 0 Å². The van der Waals surface area contributed by atoms with Gasteiger partial charge < -0.3 is 9.64 Å². The van der Waals surface area contributed by atoms with Gasteiger partial charge in [-0.25, -0.2) is 0 Å². The van der Waals surface area contributed by atoms with Crippen LogP contribution in [-0.2, 0) is 9.53 Å². The molecule has 1 atom stereocenters. The Hall–Kier alpha value is -0.570. The fourth-order valence-corrected chi connectivity index (χ4v) is 2.15. The summed E-state index contributed by atoms with van der Waals surface area (Å²) in [4.78, 5) is 14.4. The lowest BCUT2D eigenvalue weighted by molar-refractivity contribution is -0.146. The molecule has 1 heterocycles. The number of ether oxygens (including phenoxy) is 1. The Morgan fingerprint density at radius 3 is 2.44 bits per heavy atom. The zero-order valence-electron chi connectivity index (χ0n) is 10.9. The number of rotatable bonds is 5. The summed E-state index contributed by atoms with van der Waals surface area (Å²) < 4.78 is 5.28. The molecule has 1 rings (SSSR count). The van der Waals surface area contributed by atoms with E-state index in [1.807, 2.05) is 4.90 Å². The van der Waals surface area contributed by atoms with Crippen LogP contribution in [0.3, 0.4) is 0 Å². The number of amides is 1. The Morgan fingerprint density at radius 1 is 1.31 bits per heavy atom. The standard InChI is InChI=1S/C13H25NO2/c1-4-6-7-13(3,5-2)12(15)14-8-10-16-11-9-14/h4-11H2,1-3H3. The molecular weight excluding hydrogens is 202 g/mol. The first-order chi connectivity index (χ1) is 7.64. The second-order valence-corrected chi connectivity index (χ2v) is 4.92. The minimum absolute atomic E-state index is 0.159. The minimum atomic E-state index is -0.159. The van der Waals surface area contributed by atoms with Crippen LogP contribution < -0.4 is 0 Å². The van der Waals surface area contributed by atoms with E-state index in [4.69, 9.17) is 4.74 Å². The summed E-state index contributed by atoms with van der Waals surface area (Å²) in [6.07, 6.45) is 4.24. The van der Waals surface area contributed by atoms with Gasteiger partial charge in [0.15, 0.2) is 0 Å². The molecule has 1 aliphatic rings. The average Bonchev–Trinajstić information content (AvgIpc) is 2.36. The highest BCUT2D eigenvalue weighted by molar-refractivity contribution is 5.82. The summed E-state index contributed by atoms with van der Waals surface area (Å²) in [6.45, 7) is 9.32. The molecule has 94 valence electrons. The number of carbonyl (C=O) groups is 1. The van der Waals surface area contributed by atoms with E-state index >= 15 is 0 Å². The fourth-order valence-electron chi connectivity index (χ4n) is 2.15. The van der Waals surface area contributed by atoms with E-state index in [-0.39, 0.29) is 5.41 Å². The number of unbranched alkanes of at least 4 members (excludes halogenated alkanes) is 1. The van der Waals surface area contributed by atoms with E-state index in [0.29, 0.717) is 19.1 Å². The summed E-state index contributed by atoms with van der Waals surface area (Å²) >= 11 is 0. The van der Waals surface area contributed by atoms with Crippen molar-refractivity contribution >= 4 is 5.91 Å². The van der Waals surface area contributed by atoms with E-state index < -0.39 is 0 Å². The number of hydrogen-bond donors (Lipinski definition) is 0. The molecule has 0 aliphatic carbocycles. The third-order valence-electron chi connectivity index (χ3n) is 3.68. The van der Waals surface area contributed by atoms with E-state index in [0.717, 1.165) is 38.8 Å². The van der Waals surface area contributed by atoms with Crippen molar-refractivity contribution < 1.29 is 9.53 Å². The summed E-state index contributed by atoms with van der Waals surface area (Å²) in [5, 5.41) is 0. The van der Waals surface area contributed by atoms with Crippen LogP contribution in [0.2, 0.25) is 0 Å². The zero-order chi connectivity index (χ0) is 12.0. The molecule has 0 aromatic carbocycles. The Labute approximate surface area is 99.1 Å². The number of hydrogen-bond acceptors (Lipinski definition) is 2. The van der Waals surface area contributed by atoms with Crippen LogP contribution in [0.1, 0.15) is 46.5 Å². The maximum atomic E-state index is 12.4. The minimum Gasteiger partial charge on any atom is -0.378 e. The second kappa shape index (κ2) is 6.24. The van der Waals surface area contributed by atoms with Gasteiger partial charge in [-0.1, -0.05) is 33.6 Å². The molecule has 0 spiro atoms. The van der Waals surface area contributed by atoms with Crippen molar-refractivity contribution in [1.29, 1.82) is 0 Å². The maximum Gasteiger partial charge on any atom is 0.228 e. The van der Waals surface area contributed by atoms with Crippen LogP contribution in [-0.4, -0.2) is 37.1 Å². The molecule has 1 amide bonds. The van der Waals surface area contributed by atoms with Gasteiger partial charge in [0.05, 0.1) is 13.2 Å². The molecule has 3 nitrogen and oxygen atoms in total. The van der Waals surface area contributed by atoms with E-state index in [2.05, 4.69) is 20.8 Å².